The first-order chi connectivity index (χ1) is 10.6. The summed E-state index contributed by atoms with van der Waals surface area (Å²) in [5, 5.41) is 45.2. The van der Waals surface area contributed by atoms with Gasteiger partial charge in [0.25, 0.3) is 0 Å². The third kappa shape index (κ3) is 9.41. The van der Waals surface area contributed by atoms with Crippen LogP contribution in [0.4, 0.5) is 0 Å². The highest BCUT2D eigenvalue weighted by Gasteiger charge is 2.20. The monoisotopic (exact) mass is 326 g/mol. The molecular weight excluding hydrogens is 300 g/mol. The molecule has 0 aliphatic carbocycles. The van der Waals surface area contributed by atoms with E-state index in [1.165, 1.54) is 6.08 Å². The lowest BCUT2D eigenvalue weighted by atomic mass is 10.4. The second kappa shape index (κ2) is 14.0. The Balaban J connectivity index is 4.25. The summed E-state index contributed by atoms with van der Waals surface area (Å²) in [5.74, 6) is 0. The fourth-order valence-corrected chi connectivity index (χ4v) is 1.37. The van der Waals surface area contributed by atoms with Gasteiger partial charge in [-0.3, -0.25) is 0 Å². The molecule has 9 heteroatoms. The Hall–Kier alpha value is -0.620. The topological polar surface area (TPSA) is 138 Å². The molecule has 0 heterocycles. The Kier molecular flexibility index (Phi) is 13.6. The lowest BCUT2D eigenvalue weighted by Gasteiger charge is -2.25. The van der Waals surface area contributed by atoms with Crippen molar-refractivity contribution >= 4 is 0 Å². The molecule has 0 saturated carbocycles. The van der Waals surface area contributed by atoms with E-state index in [-0.39, 0.29) is 13.2 Å². The zero-order chi connectivity index (χ0) is 16.8. The number of hydrogen-bond donors (Lipinski definition) is 5. The second-order valence-electron chi connectivity index (χ2n) is 4.24. The quantitative estimate of drug-likeness (QED) is 0.164. The van der Waals surface area contributed by atoms with Gasteiger partial charge in [-0.15, -0.1) is 6.58 Å². The average molecular weight is 326 g/mol. The minimum Gasteiger partial charge on any atom is -0.394 e. The molecule has 0 aromatic heterocycles. The Morgan fingerprint density at radius 3 is 1.68 bits per heavy atom. The van der Waals surface area contributed by atoms with Crippen LogP contribution in [0.5, 0.6) is 0 Å². The van der Waals surface area contributed by atoms with E-state index in [0.29, 0.717) is 0 Å². The first-order valence-electron chi connectivity index (χ1n) is 6.84. The van der Waals surface area contributed by atoms with Crippen molar-refractivity contribution in [2.24, 2.45) is 0 Å². The summed E-state index contributed by atoms with van der Waals surface area (Å²) >= 11 is 0. The molecule has 9 nitrogen and oxygen atoms in total. The lowest BCUT2D eigenvalue weighted by Crippen LogP contribution is -2.37. The number of aliphatic hydroxyl groups is 5. The molecule has 0 radical (unpaired) electrons. The number of ether oxygens (including phenoxy) is 4. The van der Waals surface area contributed by atoms with Gasteiger partial charge in [-0.2, -0.15) is 0 Å². The lowest BCUT2D eigenvalue weighted by molar-refractivity contribution is -0.238. The van der Waals surface area contributed by atoms with E-state index in [2.05, 4.69) is 6.58 Å². The fraction of sp³-hybridized carbons (Fsp3) is 0.846. The molecule has 22 heavy (non-hydrogen) atoms. The summed E-state index contributed by atoms with van der Waals surface area (Å²) in [7, 11) is 0. The summed E-state index contributed by atoms with van der Waals surface area (Å²) in [4.78, 5) is 0. The number of aliphatic hydroxyl groups excluding tert-OH is 5. The fourth-order valence-electron chi connectivity index (χ4n) is 1.37. The standard InChI is InChI=1S/C13H26O9/c1-2-3-19-12(7-17)22-11(6-16)9-20-13(8-18)21-10(4-14)5-15/h2,10-18H,1,3-9H2. The highest BCUT2D eigenvalue weighted by atomic mass is 16.7. The van der Waals surface area contributed by atoms with Crippen molar-refractivity contribution in [2.75, 3.05) is 46.2 Å². The molecular formula is C13H26O9. The molecule has 0 saturated heterocycles. The summed E-state index contributed by atoms with van der Waals surface area (Å²) in [5.41, 5.74) is 0. The normalized spacial score (nSPS) is 15.7. The number of rotatable bonds is 15. The van der Waals surface area contributed by atoms with E-state index in [1.807, 2.05) is 0 Å². The van der Waals surface area contributed by atoms with Gasteiger partial charge in [-0.25, -0.2) is 0 Å². The molecule has 0 fully saturated rings. The molecule has 5 N–H and O–H groups in total. The summed E-state index contributed by atoms with van der Waals surface area (Å²) in [6.45, 7) is 1.28. The van der Waals surface area contributed by atoms with Crippen molar-refractivity contribution in [1.29, 1.82) is 0 Å². The molecule has 0 rings (SSSR count). The molecule has 0 aliphatic heterocycles. The van der Waals surface area contributed by atoms with Crippen LogP contribution >= 0.6 is 0 Å². The molecule has 0 amide bonds. The van der Waals surface area contributed by atoms with Crippen LogP contribution in [0.1, 0.15) is 0 Å². The van der Waals surface area contributed by atoms with Crippen LogP contribution in [0.3, 0.4) is 0 Å². The van der Waals surface area contributed by atoms with Crippen LogP contribution in [-0.2, 0) is 18.9 Å². The Bertz CT molecular complexity index is 260. The third-order valence-electron chi connectivity index (χ3n) is 2.47. The minimum atomic E-state index is -1.09. The van der Waals surface area contributed by atoms with Gasteiger partial charge >= 0.3 is 0 Å². The molecule has 0 spiro atoms. The van der Waals surface area contributed by atoms with E-state index in [9.17, 15) is 5.11 Å². The van der Waals surface area contributed by atoms with Gasteiger partial charge in [-0.1, -0.05) is 6.08 Å². The van der Waals surface area contributed by atoms with Crippen LogP contribution in [0.25, 0.3) is 0 Å². The zero-order valence-electron chi connectivity index (χ0n) is 12.4. The van der Waals surface area contributed by atoms with Crippen molar-refractivity contribution in [3.63, 3.8) is 0 Å². The van der Waals surface area contributed by atoms with Gasteiger partial charge in [0.05, 0.1) is 46.2 Å². The van der Waals surface area contributed by atoms with Crippen molar-refractivity contribution < 1.29 is 44.5 Å². The predicted molar refractivity (Wildman–Crippen MR) is 74.9 cm³/mol. The van der Waals surface area contributed by atoms with E-state index in [0.717, 1.165) is 0 Å². The summed E-state index contributed by atoms with van der Waals surface area (Å²) in [6.07, 6.45) is -2.26. The zero-order valence-corrected chi connectivity index (χ0v) is 12.4. The van der Waals surface area contributed by atoms with E-state index in [4.69, 9.17) is 39.4 Å². The first kappa shape index (κ1) is 21.4. The van der Waals surface area contributed by atoms with E-state index < -0.39 is 57.8 Å². The second-order valence-corrected chi connectivity index (χ2v) is 4.24. The molecule has 0 aliphatic rings. The van der Waals surface area contributed by atoms with Crippen LogP contribution in [0, 0.1) is 0 Å². The summed E-state index contributed by atoms with van der Waals surface area (Å²) in [6, 6.07) is 0. The van der Waals surface area contributed by atoms with Crippen molar-refractivity contribution in [3.8, 4) is 0 Å². The van der Waals surface area contributed by atoms with Crippen LogP contribution in [-0.4, -0.2) is 96.6 Å². The van der Waals surface area contributed by atoms with Gasteiger partial charge in [0.2, 0.25) is 0 Å². The average Bonchev–Trinajstić information content (AvgIpc) is 2.56. The molecule has 132 valence electrons. The molecule has 0 aromatic rings. The van der Waals surface area contributed by atoms with Crippen LogP contribution in [0.15, 0.2) is 12.7 Å². The van der Waals surface area contributed by atoms with Crippen molar-refractivity contribution in [1.82, 2.24) is 0 Å². The molecule has 3 atom stereocenters. The number of hydrogen-bond acceptors (Lipinski definition) is 9. The molecule has 0 bridgehead atoms. The third-order valence-corrected chi connectivity index (χ3v) is 2.47. The van der Waals surface area contributed by atoms with Crippen LogP contribution < -0.4 is 0 Å². The Morgan fingerprint density at radius 2 is 1.23 bits per heavy atom. The highest BCUT2D eigenvalue weighted by Crippen LogP contribution is 2.05. The van der Waals surface area contributed by atoms with Gasteiger partial charge in [-0.05, 0) is 0 Å². The van der Waals surface area contributed by atoms with Crippen molar-refractivity contribution in [3.05, 3.63) is 12.7 Å². The highest BCUT2D eigenvalue weighted by molar-refractivity contribution is 4.65. The van der Waals surface area contributed by atoms with Gasteiger partial charge in [0, 0.05) is 0 Å². The Morgan fingerprint density at radius 1 is 0.727 bits per heavy atom. The van der Waals surface area contributed by atoms with E-state index >= 15 is 0 Å². The first-order valence-corrected chi connectivity index (χ1v) is 6.84. The van der Waals surface area contributed by atoms with Gasteiger partial charge in [0.15, 0.2) is 12.6 Å². The Labute approximate surface area is 129 Å². The van der Waals surface area contributed by atoms with E-state index in [1.54, 1.807) is 0 Å². The SMILES string of the molecule is C=CCOC(CO)OC(CO)COC(CO)OC(CO)CO. The largest absolute Gasteiger partial charge is 0.394 e. The van der Waals surface area contributed by atoms with Gasteiger partial charge < -0.3 is 44.5 Å². The maximum atomic E-state index is 9.21. The molecule has 3 unspecified atom stereocenters. The maximum Gasteiger partial charge on any atom is 0.181 e. The smallest absolute Gasteiger partial charge is 0.181 e. The van der Waals surface area contributed by atoms with Gasteiger partial charge in [0.1, 0.15) is 12.2 Å². The maximum absolute atomic E-state index is 9.21. The van der Waals surface area contributed by atoms with Crippen molar-refractivity contribution in [2.45, 2.75) is 24.8 Å². The van der Waals surface area contributed by atoms with Crippen LogP contribution in [0.2, 0.25) is 0 Å². The molecule has 0 aromatic carbocycles. The minimum absolute atomic E-state index is 0.154. The predicted octanol–water partition coefficient (Wildman–Crippen LogP) is -2.41. The summed E-state index contributed by atoms with van der Waals surface area (Å²) < 4.78 is 20.7.